The molecule has 0 saturated heterocycles. The molecular formula is C53H109N2O6P. The van der Waals surface area contributed by atoms with Crippen LogP contribution in [0.5, 0.6) is 0 Å². The molecule has 0 heterocycles. The Balaban J connectivity index is 4.18. The first kappa shape index (κ1) is 61.5. The number of quaternary nitrogens is 1. The molecule has 0 aliphatic rings. The highest BCUT2D eigenvalue weighted by Gasteiger charge is 2.24. The normalized spacial score (nSPS) is 14.0. The van der Waals surface area contributed by atoms with Crippen molar-refractivity contribution in [3.05, 3.63) is 0 Å². The highest BCUT2D eigenvalue weighted by molar-refractivity contribution is 7.45. The number of aliphatic hydroxyl groups excluding tert-OH is 1. The van der Waals surface area contributed by atoms with E-state index in [2.05, 4.69) is 19.2 Å². The number of hydrogen-bond acceptors (Lipinski definition) is 6. The van der Waals surface area contributed by atoms with Gasteiger partial charge in [-0.15, -0.1) is 0 Å². The van der Waals surface area contributed by atoms with E-state index >= 15 is 0 Å². The van der Waals surface area contributed by atoms with Gasteiger partial charge in [0.25, 0.3) is 7.82 Å². The third kappa shape index (κ3) is 47.5. The second kappa shape index (κ2) is 45.6. The van der Waals surface area contributed by atoms with Crippen molar-refractivity contribution in [3.63, 3.8) is 0 Å². The summed E-state index contributed by atoms with van der Waals surface area (Å²) < 4.78 is 23.4. The van der Waals surface area contributed by atoms with Gasteiger partial charge in [-0.2, -0.15) is 0 Å². The molecule has 62 heavy (non-hydrogen) atoms. The van der Waals surface area contributed by atoms with Crippen molar-refractivity contribution in [3.8, 4) is 0 Å². The first-order valence-electron chi connectivity index (χ1n) is 27.4. The maximum absolute atomic E-state index is 13.0. The Morgan fingerprint density at radius 2 is 0.790 bits per heavy atom. The highest BCUT2D eigenvalue weighted by atomic mass is 31.2. The fraction of sp³-hybridized carbons (Fsp3) is 0.981. The average molecular weight is 901 g/mol. The Hall–Kier alpha value is -0.500. The van der Waals surface area contributed by atoms with Crippen LogP contribution in [0.15, 0.2) is 0 Å². The summed E-state index contributed by atoms with van der Waals surface area (Å²) in [6, 6.07) is -0.794. The van der Waals surface area contributed by atoms with Gasteiger partial charge in [-0.25, -0.2) is 0 Å². The summed E-state index contributed by atoms with van der Waals surface area (Å²) in [6.45, 7) is 4.77. The smallest absolute Gasteiger partial charge is 0.268 e. The molecule has 0 aromatic rings. The van der Waals surface area contributed by atoms with E-state index in [4.69, 9.17) is 9.05 Å². The van der Waals surface area contributed by atoms with E-state index in [1.165, 1.54) is 218 Å². The largest absolute Gasteiger partial charge is 0.756 e. The molecule has 0 saturated carbocycles. The van der Waals surface area contributed by atoms with Gasteiger partial charge in [-0.3, -0.25) is 9.36 Å². The van der Waals surface area contributed by atoms with Crippen molar-refractivity contribution in [2.45, 2.75) is 296 Å². The summed E-state index contributed by atoms with van der Waals surface area (Å²) in [6.07, 6.45) is 52.6. The van der Waals surface area contributed by atoms with E-state index in [1.807, 2.05) is 21.1 Å². The zero-order valence-electron chi connectivity index (χ0n) is 42.4. The lowest BCUT2D eigenvalue weighted by atomic mass is 10.0. The lowest BCUT2D eigenvalue weighted by Gasteiger charge is -2.30. The average Bonchev–Trinajstić information content (AvgIpc) is 3.23. The van der Waals surface area contributed by atoms with Crippen molar-refractivity contribution in [1.29, 1.82) is 0 Å². The minimum Gasteiger partial charge on any atom is -0.756 e. The van der Waals surface area contributed by atoms with Crippen LogP contribution in [0.3, 0.4) is 0 Å². The molecule has 0 rings (SSSR count). The molecule has 0 radical (unpaired) electrons. The van der Waals surface area contributed by atoms with Crippen LogP contribution in [-0.4, -0.2) is 68.5 Å². The molecule has 0 aliphatic heterocycles. The van der Waals surface area contributed by atoms with Crippen LogP contribution in [-0.2, 0) is 18.4 Å². The van der Waals surface area contributed by atoms with Crippen molar-refractivity contribution in [2.75, 3.05) is 40.9 Å². The third-order valence-electron chi connectivity index (χ3n) is 12.8. The second-order valence-electron chi connectivity index (χ2n) is 20.3. The number of amides is 1. The monoisotopic (exact) mass is 901 g/mol. The van der Waals surface area contributed by atoms with E-state index < -0.39 is 20.0 Å². The van der Waals surface area contributed by atoms with Gasteiger partial charge in [-0.05, 0) is 12.8 Å². The highest BCUT2D eigenvalue weighted by Crippen LogP contribution is 2.38. The molecule has 8 nitrogen and oxygen atoms in total. The van der Waals surface area contributed by atoms with E-state index in [0.717, 1.165) is 38.5 Å². The first-order valence-corrected chi connectivity index (χ1v) is 28.8. The summed E-state index contributed by atoms with van der Waals surface area (Å²) in [5.74, 6) is -0.157. The Morgan fingerprint density at radius 1 is 0.500 bits per heavy atom. The van der Waals surface area contributed by atoms with Gasteiger partial charge in [0.1, 0.15) is 13.2 Å². The van der Waals surface area contributed by atoms with Gasteiger partial charge in [0, 0.05) is 6.42 Å². The lowest BCUT2D eigenvalue weighted by Crippen LogP contribution is -2.46. The quantitative estimate of drug-likeness (QED) is 0.0358. The van der Waals surface area contributed by atoms with Crippen LogP contribution in [0.25, 0.3) is 0 Å². The topological polar surface area (TPSA) is 108 Å². The number of hydrogen-bond donors (Lipinski definition) is 2. The summed E-state index contributed by atoms with van der Waals surface area (Å²) in [7, 11) is 1.32. The Morgan fingerprint density at radius 3 is 1.10 bits per heavy atom. The zero-order valence-corrected chi connectivity index (χ0v) is 43.3. The number of phosphoric acid groups is 1. The van der Waals surface area contributed by atoms with Crippen LogP contribution in [0.1, 0.15) is 284 Å². The molecule has 0 fully saturated rings. The standard InChI is InChI=1S/C53H109N2O6P/c1-6-8-10-12-14-16-18-20-22-24-26-28-30-32-34-36-38-40-42-44-46-52(56)51(50-61-62(58,59)60-49-48-55(3,4)5)54-53(57)47-45-43-41-39-37-35-33-31-29-27-25-23-21-19-17-15-13-11-9-7-2/h51-52,56H,6-50H2,1-5H3,(H-,54,57,58,59). The number of likely N-dealkylation sites (N-methyl/N-ethyl adjacent to an activating group) is 1. The van der Waals surface area contributed by atoms with Crippen LogP contribution in [0, 0.1) is 0 Å². The number of rotatable bonds is 51. The number of carbonyl (C=O) groups excluding carboxylic acids is 1. The van der Waals surface area contributed by atoms with Gasteiger partial charge in [-0.1, -0.05) is 264 Å². The minimum atomic E-state index is -4.56. The molecule has 9 heteroatoms. The van der Waals surface area contributed by atoms with Gasteiger partial charge >= 0.3 is 0 Å². The van der Waals surface area contributed by atoms with Crippen LogP contribution >= 0.6 is 7.82 Å². The molecule has 0 bridgehead atoms. The van der Waals surface area contributed by atoms with Crippen LogP contribution < -0.4 is 10.2 Å². The predicted octanol–water partition coefficient (Wildman–Crippen LogP) is 15.5. The fourth-order valence-corrected chi connectivity index (χ4v) is 9.24. The number of carbonyl (C=O) groups is 1. The molecule has 3 unspecified atom stereocenters. The van der Waals surface area contributed by atoms with Crippen molar-refractivity contribution < 1.29 is 32.9 Å². The van der Waals surface area contributed by atoms with Gasteiger partial charge in [0.2, 0.25) is 5.91 Å². The number of aliphatic hydroxyl groups is 1. The van der Waals surface area contributed by atoms with E-state index in [-0.39, 0.29) is 19.1 Å². The van der Waals surface area contributed by atoms with Gasteiger partial charge in [0.05, 0.1) is 39.9 Å². The Bertz CT molecular complexity index is 978. The summed E-state index contributed by atoms with van der Waals surface area (Å²) in [5, 5.41) is 14.0. The van der Waals surface area contributed by atoms with Crippen molar-refractivity contribution in [2.24, 2.45) is 0 Å². The number of nitrogens with zero attached hydrogens (tertiary/aromatic N) is 1. The molecule has 372 valence electrons. The van der Waals surface area contributed by atoms with E-state index in [0.29, 0.717) is 23.9 Å². The molecule has 0 aliphatic carbocycles. The van der Waals surface area contributed by atoms with E-state index in [9.17, 15) is 19.4 Å². The predicted molar refractivity (Wildman–Crippen MR) is 266 cm³/mol. The SMILES string of the molecule is CCCCCCCCCCCCCCCCCCCCCCC(=O)NC(COP(=O)([O-])OCC[N+](C)(C)C)C(O)CCCCCCCCCCCCCCCCCCCCCC. The third-order valence-corrected chi connectivity index (χ3v) is 13.8. The van der Waals surface area contributed by atoms with Crippen LogP contribution in [0.4, 0.5) is 0 Å². The lowest BCUT2D eigenvalue weighted by molar-refractivity contribution is -0.870. The van der Waals surface area contributed by atoms with Crippen molar-refractivity contribution >= 4 is 13.7 Å². The second-order valence-corrected chi connectivity index (χ2v) is 21.7. The van der Waals surface area contributed by atoms with Crippen LogP contribution in [0.2, 0.25) is 0 Å². The zero-order chi connectivity index (χ0) is 45.7. The molecular weight excluding hydrogens is 792 g/mol. The fourth-order valence-electron chi connectivity index (χ4n) is 8.51. The first-order chi connectivity index (χ1) is 30.0. The van der Waals surface area contributed by atoms with Gasteiger partial charge in [0.15, 0.2) is 0 Å². The summed E-state index contributed by atoms with van der Waals surface area (Å²) in [5.41, 5.74) is 0. The maximum atomic E-state index is 13.0. The molecule has 0 aromatic carbocycles. The molecule has 0 aromatic heterocycles. The Labute approximate surface area is 387 Å². The summed E-state index contributed by atoms with van der Waals surface area (Å²) >= 11 is 0. The van der Waals surface area contributed by atoms with Crippen molar-refractivity contribution in [1.82, 2.24) is 5.32 Å². The number of unbranched alkanes of at least 4 members (excludes halogenated alkanes) is 38. The number of nitrogens with one attached hydrogen (secondary N) is 1. The molecule has 3 atom stereocenters. The molecule has 2 N–H and O–H groups in total. The minimum absolute atomic E-state index is 0.0166. The molecule has 1 amide bonds. The maximum Gasteiger partial charge on any atom is 0.268 e. The van der Waals surface area contributed by atoms with Gasteiger partial charge < -0.3 is 28.8 Å². The Kier molecular flexibility index (Phi) is 45.3. The van der Waals surface area contributed by atoms with E-state index in [1.54, 1.807) is 0 Å². The molecule has 0 spiro atoms. The summed E-state index contributed by atoms with van der Waals surface area (Å²) in [4.78, 5) is 25.5. The number of phosphoric ester groups is 1.